The van der Waals surface area contributed by atoms with Crippen molar-refractivity contribution in [1.29, 1.82) is 0 Å². The summed E-state index contributed by atoms with van der Waals surface area (Å²) in [5.74, 6) is 0.653. The number of aromatic nitrogens is 1. The van der Waals surface area contributed by atoms with E-state index in [1.54, 1.807) is 12.3 Å². The van der Waals surface area contributed by atoms with E-state index in [-0.39, 0.29) is 6.04 Å². The summed E-state index contributed by atoms with van der Waals surface area (Å²) < 4.78 is 0. The Balaban J connectivity index is 2.08. The number of hydrogen-bond donors (Lipinski definition) is 2. The van der Waals surface area contributed by atoms with Gasteiger partial charge in [-0.15, -0.1) is 0 Å². The van der Waals surface area contributed by atoms with E-state index in [0.29, 0.717) is 17.1 Å². The number of pyridine rings is 1. The number of rotatable bonds is 7. The van der Waals surface area contributed by atoms with Gasteiger partial charge in [-0.1, -0.05) is 56.5 Å². The highest BCUT2D eigenvalue weighted by Gasteiger charge is 2.27. The van der Waals surface area contributed by atoms with Crippen LogP contribution < -0.4 is 5.32 Å². The lowest BCUT2D eigenvalue weighted by molar-refractivity contribution is 0.108. The lowest BCUT2D eigenvalue weighted by atomic mass is 9.85. The molecule has 3 nitrogen and oxygen atoms in total. The van der Waals surface area contributed by atoms with E-state index < -0.39 is 6.10 Å². The Morgan fingerprint density at radius 3 is 2.73 bits per heavy atom. The molecule has 4 heteroatoms. The number of aliphatic hydroxyl groups excluding tert-OH is 1. The molecule has 1 heterocycles. The number of nitrogens with one attached hydrogen (secondary N) is 1. The topological polar surface area (TPSA) is 45.1 Å². The minimum absolute atomic E-state index is 0.0542. The number of nitrogens with zero attached hydrogens (tertiary/aromatic N) is 1. The van der Waals surface area contributed by atoms with Crippen molar-refractivity contribution < 1.29 is 5.11 Å². The van der Waals surface area contributed by atoms with Crippen molar-refractivity contribution in [1.82, 2.24) is 10.3 Å². The molecule has 1 aromatic heterocycles. The van der Waals surface area contributed by atoms with Gasteiger partial charge in [0.05, 0.1) is 6.10 Å². The van der Waals surface area contributed by atoms with Crippen LogP contribution >= 0.6 is 11.6 Å². The molecule has 0 fully saturated rings. The quantitative estimate of drug-likeness (QED) is 0.582. The summed E-state index contributed by atoms with van der Waals surface area (Å²) in [6.45, 7) is 4.40. The van der Waals surface area contributed by atoms with E-state index in [2.05, 4.69) is 36.3 Å². The predicted octanol–water partition coefficient (Wildman–Crippen LogP) is 4.27. The highest BCUT2D eigenvalue weighted by atomic mass is 35.5. The number of allylic oxidation sites excluding steroid dienone is 1. The molecule has 1 aromatic rings. The molecule has 0 saturated heterocycles. The van der Waals surface area contributed by atoms with Gasteiger partial charge in [0.2, 0.25) is 0 Å². The van der Waals surface area contributed by atoms with Crippen molar-refractivity contribution >= 4 is 11.6 Å². The third kappa shape index (κ3) is 4.55. The highest BCUT2D eigenvalue weighted by Crippen LogP contribution is 2.26. The Kier molecular flexibility index (Phi) is 6.87. The Labute approximate surface area is 138 Å². The molecule has 1 aliphatic rings. The van der Waals surface area contributed by atoms with Crippen LogP contribution in [-0.2, 0) is 0 Å². The molecular formula is C18H27ClN2O. The molecule has 0 spiro atoms. The summed E-state index contributed by atoms with van der Waals surface area (Å²) in [4.78, 5) is 4.09. The number of hydrogen-bond acceptors (Lipinski definition) is 3. The largest absolute Gasteiger partial charge is 0.387 e. The summed E-state index contributed by atoms with van der Waals surface area (Å²) in [7, 11) is 0. The van der Waals surface area contributed by atoms with Gasteiger partial charge < -0.3 is 10.4 Å². The summed E-state index contributed by atoms with van der Waals surface area (Å²) in [6, 6.07) is 4.10. The molecule has 0 amide bonds. The summed E-state index contributed by atoms with van der Waals surface area (Å²) in [5.41, 5.74) is 0.828. The first kappa shape index (κ1) is 17.5. The maximum Gasteiger partial charge on any atom is 0.129 e. The summed E-state index contributed by atoms with van der Waals surface area (Å²) in [5, 5.41) is 14.9. The van der Waals surface area contributed by atoms with E-state index in [9.17, 15) is 5.11 Å². The third-order valence-electron chi connectivity index (χ3n) is 4.59. The fourth-order valence-corrected chi connectivity index (χ4v) is 3.35. The first-order valence-electron chi connectivity index (χ1n) is 8.36. The van der Waals surface area contributed by atoms with Gasteiger partial charge in [-0.3, -0.25) is 0 Å². The molecule has 122 valence electrons. The monoisotopic (exact) mass is 322 g/mol. The molecule has 0 aliphatic heterocycles. The predicted molar refractivity (Wildman–Crippen MR) is 92.0 cm³/mol. The van der Waals surface area contributed by atoms with Gasteiger partial charge in [-0.25, -0.2) is 4.98 Å². The van der Waals surface area contributed by atoms with Gasteiger partial charge in [0.25, 0.3) is 0 Å². The molecule has 0 aromatic carbocycles. The van der Waals surface area contributed by atoms with Crippen molar-refractivity contribution in [2.24, 2.45) is 5.92 Å². The van der Waals surface area contributed by atoms with Gasteiger partial charge in [-0.05, 0) is 31.2 Å². The third-order valence-corrected chi connectivity index (χ3v) is 4.81. The van der Waals surface area contributed by atoms with Crippen LogP contribution in [0.15, 0.2) is 30.5 Å². The molecule has 0 saturated carbocycles. The average Bonchev–Trinajstić information content (AvgIpc) is 2.55. The summed E-state index contributed by atoms with van der Waals surface area (Å²) in [6.07, 6.45) is 11.0. The fourth-order valence-electron chi connectivity index (χ4n) is 3.24. The van der Waals surface area contributed by atoms with Crippen LogP contribution in [0.25, 0.3) is 0 Å². The Morgan fingerprint density at radius 2 is 2.09 bits per heavy atom. The normalized spacial score (nSPS) is 24.2. The highest BCUT2D eigenvalue weighted by molar-refractivity contribution is 6.29. The van der Waals surface area contributed by atoms with E-state index >= 15 is 0 Å². The van der Waals surface area contributed by atoms with E-state index in [1.165, 1.54) is 6.42 Å². The van der Waals surface area contributed by atoms with Crippen molar-refractivity contribution in [2.45, 2.75) is 64.1 Å². The van der Waals surface area contributed by atoms with Gasteiger partial charge in [0.1, 0.15) is 5.15 Å². The maximum absolute atomic E-state index is 10.7. The maximum atomic E-state index is 10.7. The van der Waals surface area contributed by atoms with Crippen LogP contribution in [0.3, 0.4) is 0 Å². The van der Waals surface area contributed by atoms with Crippen LogP contribution in [0.2, 0.25) is 5.15 Å². The van der Waals surface area contributed by atoms with Gasteiger partial charge in [0, 0.05) is 23.8 Å². The molecular weight excluding hydrogens is 296 g/mol. The Bertz CT molecular complexity index is 474. The number of halogens is 1. The van der Waals surface area contributed by atoms with E-state index in [1.807, 2.05) is 6.07 Å². The van der Waals surface area contributed by atoms with Gasteiger partial charge in [-0.2, -0.15) is 0 Å². The minimum atomic E-state index is -0.548. The zero-order valence-corrected chi connectivity index (χ0v) is 14.3. The van der Waals surface area contributed by atoms with Crippen LogP contribution in [-0.4, -0.2) is 22.2 Å². The minimum Gasteiger partial charge on any atom is -0.387 e. The van der Waals surface area contributed by atoms with Crippen molar-refractivity contribution in [3.8, 4) is 0 Å². The van der Waals surface area contributed by atoms with Crippen LogP contribution in [0.1, 0.15) is 57.6 Å². The van der Waals surface area contributed by atoms with Crippen molar-refractivity contribution in [2.75, 3.05) is 0 Å². The van der Waals surface area contributed by atoms with Crippen LogP contribution in [0, 0.1) is 5.92 Å². The smallest absolute Gasteiger partial charge is 0.129 e. The molecule has 0 bridgehead atoms. The van der Waals surface area contributed by atoms with Crippen molar-refractivity contribution in [3.05, 3.63) is 41.2 Å². The first-order valence-corrected chi connectivity index (χ1v) is 8.74. The lowest BCUT2D eigenvalue weighted by Crippen LogP contribution is -2.46. The van der Waals surface area contributed by atoms with Crippen molar-refractivity contribution in [3.63, 3.8) is 0 Å². The molecule has 4 atom stereocenters. The molecule has 0 radical (unpaired) electrons. The second-order valence-corrected chi connectivity index (χ2v) is 6.53. The lowest BCUT2D eigenvalue weighted by Gasteiger charge is -2.34. The zero-order chi connectivity index (χ0) is 15.9. The molecule has 22 heavy (non-hydrogen) atoms. The zero-order valence-electron chi connectivity index (χ0n) is 13.5. The number of aliphatic hydroxyl groups is 1. The SMILES string of the molecule is CCC[C@@H](N[C@@H]1CC=CC[C@@H]1CC)[C@H](O)c1ccc(Cl)nc1. The standard InChI is InChI=1S/C18H27ClN2O/c1-3-7-16(18(22)14-10-11-17(19)20-12-14)21-15-9-6-5-8-13(15)4-2/h5-6,10-13,15-16,18,21-22H,3-4,7-9H2,1-2H3/t13-,15+,16+,18+/m0/s1. The summed E-state index contributed by atoms with van der Waals surface area (Å²) >= 11 is 5.83. The van der Waals surface area contributed by atoms with Crippen LogP contribution in [0.4, 0.5) is 0 Å². The molecule has 0 unspecified atom stereocenters. The first-order chi connectivity index (χ1) is 10.7. The Hall–Kier alpha value is -0.900. The Morgan fingerprint density at radius 1 is 1.32 bits per heavy atom. The van der Waals surface area contributed by atoms with E-state index in [4.69, 9.17) is 11.6 Å². The molecule has 2 N–H and O–H groups in total. The van der Waals surface area contributed by atoms with Gasteiger partial charge in [0.15, 0.2) is 0 Å². The average molecular weight is 323 g/mol. The second-order valence-electron chi connectivity index (χ2n) is 6.14. The van der Waals surface area contributed by atoms with Gasteiger partial charge >= 0.3 is 0 Å². The molecule has 2 rings (SSSR count). The van der Waals surface area contributed by atoms with Crippen LogP contribution in [0.5, 0.6) is 0 Å². The second kappa shape index (κ2) is 8.66. The molecule has 1 aliphatic carbocycles. The van der Waals surface area contributed by atoms with E-state index in [0.717, 1.165) is 31.2 Å². The fraction of sp³-hybridized carbons (Fsp3) is 0.611.